The summed E-state index contributed by atoms with van der Waals surface area (Å²) in [5.74, 6) is -0.321. The van der Waals surface area contributed by atoms with Gasteiger partial charge in [0.05, 0.1) is 23.3 Å². The SMILES string of the molecule is Cn1cc(-c2cc(N3CCC4(CC3)CN3CC[C@@H](c5cc(F)cc(F)c5)N3C4=O)ncn2)cn1. The van der Waals surface area contributed by atoms with Gasteiger partial charge in [-0.15, -0.1) is 0 Å². The second-order valence-electron chi connectivity index (χ2n) is 9.48. The number of aromatic nitrogens is 4. The number of piperidine rings is 1. The van der Waals surface area contributed by atoms with Gasteiger partial charge in [-0.1, -0.05) is 0 Å². The van der Waals surface area contributed by atoms with Crippen LogP contribution in [0.5, 0.6) is 0 Å². The van der Waals surface area contributed by atoms with Crippen LogP contribution in [-0.2, 0) is 11.8 Å². The lowest BCUT2D eigenvalue weighted by molar-refractivity contribution is -0.143. The van der Waals surface area contributed by atoms with Crippen molar-refractivity contribution in [3.8, 4) is 11.3 Å². The Morgan fingerprint density at radius 2 is 1.79 bits per heavy atom. The van der Waals surface area contributed by atoms with E-state index in [0.29, 0.717) is 51.0 Å². The fourth-order valence-corrected chi connectivity index (χ4v) is 5.63. The molecule has 0 bridgehead atoms. The summed E-state index contributed by atoms with van der Waals surface area (Å²) < 4.78 is 29.4. The van der Waals surface area contributed by atoms with Crippen LogP contribution >= 0.6 is 0 Å². The molecule has 1 amide bonds. The monoisotopic (exact) mass is 465 g/mol. The Labute approximate surface area is 195 Å². The van der Waals surface area contributed by atoms with Gasteiger partial charge in [-0.25, -0.2) is 23.8 Å². The van der Waals surface area contributed by atoms with E-state index in [4.69, 9.17) is 0 Å². The number of hydrogen-bond donors (Lipinski definition) is 0. The average Bonchev–Trinajstić information content (AvgIpc) is 3.50. The number of hydrogen-bond acceptors (Lipinski definition) is 6. The minimum Gasteiger partial charge on any atom is -0.356 e. The maximum Gasteiger partial charge on any atom is 0.245 e. The quantitative estimate of drug-likeness (QED) is 0.593. The van der Waals surface area contributed by atoms with Crippen LogP contribution in [0.15, 0.2) is 43.0 Å². The van der Waals surface area contributed by atoms with Crippen molar-refractivity contribution in [1.82, 2.24) is 29.8 Å². The summed E-state index contributed by atoms with van der Waals surface area (Å²) in [5, 5.41) is 8.04. The van der Waals surface area contributed by atoms with Gasteiger partial charge in [0.1, 0.15) is 23.8 Å². The predicted molar refractivity (Wildman–Crippen MR) is 120 cm³/mol. The van der Waals surface area contributed by atoms with Crippen LogP contribution in [0.3, 0.4) is 0 Å². The molecule has 2 aromatic heterocycles. The van der Waals surface area contributed by atoms with E-state index in [2.05, 4.69) is 25.0 Å². The third-order valence-corrected chi connectivity index (χ3v) is 7.38. The zero-order valence-corrected chi connectivity index (χ0v) is 18.9. The fraction of sp³-hybridized carbons (Fsp3) is 0.417. The van der Waals surface area contributed by atoms with Crippen LogP contribution in [0.4, 0.5) is 14.6 Å². The van der Waals surface area contributed by atoms with E-state index in [1.165, 1.54) is 12.1 Å². The minimum atomic E-state index is -0.612. The summed E-state index contributed by atoms with van der Waals surface area (Å²) in [6.45, 7) is 2.77. The molecule has 1 spiro atoms. The van der Waals surface area contributed by atoms with Crippen molar-refractivity contribution >= 4 is 11.7 Å². The third kappa shape index (κ3) is 3.44. The van der Waals surface area contributed by atoms with Crippen LogP contribution in [0.2, 0.25) is 0 Å². The lowest BCUT2D eigenvalue weighted by Crippen LogP contribution is -2.46. The van der Waals surface area contributed by atoms with Gasteiger partial charge >= 0.3 is 0 Å². The first-order valence-electron chi connectivity index (χ1n) is 11.5. The van der Waals surface area contributed by atoms with Crippen molar-refractivity contribution in [2.75, 3.05) is 31.1 Å². The number of rotatable bonds is 3. The molecule has 10 heteroatoms. The maximum absolute atomic E-state index is 13.8. The summed E-state index contributed by atoms with van der Waals surface area (Å²) >= 11 is 0. The molecule has 176 valence electrons. The molecular formula is C24H25F2N7O. The van der Waals surface area contributed by atoms with Gasteiger partial charge in [0.25, 0.3) is 0 Å². The van der Waals surface area contributed by atoms with E-state index < -0.39 is 17.0 Å². The number of benzene rings is 1. The molecule has 0 N–H and O–H groups in total. The lowest BCUT2D eigenvalue weighted by atomic mass is 9.77. The Morgan fingerprint density at radius 1 is 1.03 bits per heavy atom. The van der Waals surface area contributed by atoms with E-state index >= 15 is 0 Å². The fourth-order valence-electron chi connectivity index (χ4n) is 5.63. The van der Waals surface area contributed by atoms with Crippen molar-refractivity contribution in [3.63, 3.8) is 0 Å². The largest absolute Gasteiger partial charge is 0.356 e. The van der Waals surface area contributed by atoms with Gasteiger partial charge < -0.3 is 4.90 Å². The molecule has 3 aromatic rings. The van der Waals surface area contributed by atoms with Crippen LogP contribution < -0.4 is 4.90 Å². The van der Waals surface area contributed by atoms with Gasteiger partial charge in [0.15, 0.2) is 0 Å². The first kappa shape index (κ1) is 21.2. The van der Waals surface area contributed by atoms with E-state index in [9.17, 15) is 13.6 Å². The molecule has 0 unspecified atom stereocenters. The zero-order chi connectivity index (χ0) is 23.4. The first-order chi connectivity index (χ1) is 16.4. The summed E-state index contributed by atoms with van der Waals surface area (Å²) in [7, 11) is 1.87. The van der Waals surface area contributed by atoms with E-state index in [0.717, 1.165) is 23.1 Å². The number of amides is 1. The van der Waals surface area contributed by atoms with Gasteiger partial charge in [-0.05, 0) is 37.0 Å². The molecular weight excluding hydrogens is 440 g/mol. The van der Waals surface area contributed by atoms with Crippen molar-refractivity contribution < 1.29 is 13.6 Å². The Hall–Kier alpha value is -3.40. The van der Waals surface area contributed by atoms with Crippen LogP contribution in [0.25, 0.3) is 11.3 Å². The van der Waals surface area contributed by atoms with E-state index in [1.54, 1.807) is 22.2 Å². The van der Waals surface area contributed by atoms with Gasteiger partial charge in [-0.3, -0.25) is 14.5 Å². The lowest BCUT2D eigenvalue weighted by Gasteiger charge is -2.38. The van der Waals surface area contributed by atoms with Crippen LogP contribution in [0, 0.1) is 17.0 Å². The number of nitrogens with zero attached hydrogens (tertiary/aromatic N) is 7. The Bertz CT molecular complexity index is 1230. The molecule has 3 aliphatic heterocycles. The number of carbonyl (C=O) groups excluding carboxylic acids is 1. The summed E-state index contributed by atoms with van der Waals surface area (Å²) in [6, 6.07) is 5.19. The highest BCUT2D eigenvalue weighted by Crippen LogP contribution is 2.47. The van der Waals surface area contributed by atoms with Crippen molar-refractivity contribution in [2.24, 2.45) is 12.5 Å². The molecule has 3 fully saturated rings. The average molecular weight is 466 g/mol. The number of hydrazine groups is 1. The van der Waals surface area contributed by atoms with Crippen molar-refractivity contribution in [2.45, 2.75) is 25.3 Å². The minimum absolute atomic E-state index is 0.0676. The molecule has 0 aliphatic carbocycles. The Kier molecular flexibility index (Phi) is 4.87. The van der Waals surface area contributed by atoms with E-state index in [1.807, 2.05) is 19.3 Å². The second kappa shape index (κ2) is 7.83. The molecule has 3 aliphatic rings. The van der Waals surface area contributed by atoms with Gasteiger partial charge in [-0.2, -0.15) is 5.10 Å². The topological polar surface area (TPSA) is 70.4 Å². The normalized spacial score (nSPS) is 22.1. The molecule has 8 nitrogen and oxygen atoms in total. The van der Waals surface area contributed by atoms with E-state index in [-0.39, 0.29) is 11.9 Å². The van der Waals surface area contributed by atoms with Crippen molar-refractivity contribution in [1.29, 1.82) is 0 Å². The number of halogens is 2. The highest BCUT2D eigenvalue weighted by molar-refractivity contribution is 5.85. The Balaban J connectivity index is 1.19. The first-order valence-corrected chi connectivity index (χ1v) is 11.5. The standard InChI is InChI=1S/C24H25F2N7O/c1-30-13-17(12-29-30)20-11-22(28-15-27-20)31-6-3-24(4-7-31)14-32-5-2-21(33(32)23(24)34)16-8-18(25)10-19(26)9-16/h8-13,15,21H,2-7,14H2,1H3/t21-/m0/s1. The van der Waals surface area contributed by atoms with Gasteiger partial charge in [0.2, 0.25) is 5.91 Å². The number of carbonyl (C=O) groups is 1. The smallest absolute Gasteiger partial charge is 0.245 e. The molecule has 34 heavy (non-hydrogen) atoms. The highest BCUT2D eigenvalue weighted by atomic mass is 19.1. The molecule has 1 atom stereocenters. The zero-order valence-electron chi connectivity index (χ0n) is 18.9. The predicted octanol–water partition coefficient (Wildman–Crippen LogP) is 2.95. The van der Waals surface area contributed by atoms with Crippen LogP contribution in [0.1, 0.15) is 30.9 Å². The summed E-state index contributed by atoms with van der Waals surface area (Å²) in [5.41, 5.74) is 1.79. The molecule has 0 saturated carbocycles. The third-order valence-electron chi connectivity index (χ3n) is 7.38. The number of fused-ring (bicyclic) bond motifs is 1. The van der Waals surface area contributed by atoms with Gasteiger partial charge in [0, 0.05) is 57.1 Å². The van der Waals surface area contributed by atoms with Crippen LogP contribution in [-0.4, -0.2) is 61.9 Å². The number of anilines is 1. The van der Waals surface area contributed by atoms with Crippen molar-refractivity contribution in [3.05, 3.63) is 60.2 Å². The summed E-state index contributed by atoms with van der Waals surface area (Å²) in [6.07, 6.45) is 7.33. The Morgan fingerprint density at radius 3 is 2.50 bits per heavy atom. The molecule has 1 aromatic carbocycles. The second-order valence-corrected chi connectivity index (χ2v) is 9.48. The highest BCUT2D eigenvalue weighted by Gasteiger charge is 2.56. The molecule has 6 rings (SSSR count). The maximum atomic E-state index is 13.8. The number of aryl methyl sites for hydroxylation is 1. The molecule has 0 radical (unpaired) electrons. The molecule has 5 heterocycles. The molecule has 3 saturated heterocycles. The summed E-state index contributed by atoms with van der Waals surface area (Å²) in [4.78, 5) is 24.7.